The van der Waals surface area contributed by atoms with Gasteiger partial charge >= 0.3 is 0 Å². The van der Waals surface area contributed by atoms with E-state index in [9.17, 15) is 10.1 Å². The highest BCUT2D eigenvalue weighted by Gasteiger charge is 2.25. The van der Waals surface area contributed by atoms with Crippen molar-refractivity contribution in [1.82, 2.24) is 4.57 Å². The first kappa shape index (κ1) is 17.9. The molecule has 28 heavy (non-hydrogen) atoms. The zero-order chi connectivity index (χ0) is 19.7. The maximum Gasteiger partial charge on any atom is 0.238 e. The summed E-state index contributed by atoms with van der Waals surface area (Å²) in [5, 5.41) is 13.0. The Kier molecular flexibility index (Phi) is 4.63. The number of benzene rings is 2. The number of rotatable bonds is 6. The lowest BCUT2D eigenvalue weighted by atomic mass is 10.1. The first-order valence-corrected chi connectivity index (χ1v) is 9.18. The molecule has 0 spiro atoms. The summed E-state index contributed by atoms with van der Waals surface area (Å²) >= 11 is 0. The Bertz CT molecular complexity index is 1070. The first-order chi connectivity index (χ1) is 13.6. The lowest BCUT2D eigenvalue weighted by molar-refractivity contribution is -0.114. The van der Waals surface area contributed by atoms with Gasteiger partial charge in [0.25, 0.3) is 0 Å². The number of hydrogen-bond donors (Lipinski definition) is 3. The molecule has 0 atom stereocenters. The van der Waals surface area contributed by atoms with E-state index in [-0.39, 0.29) is 12.5 Å². The molecule has 5 N–H and O–H groups in total. The minimum Gasteiger partial charge on any atom is -0.457 e. The molecule has 4 rings (SSSR count). The highest BCUT2D eigenvalue weighted by atomic mass is 16.5. The van der Waals surface area contributed by atoms with Gasteiger partial charge in [-0.2, -0.15) is 5.26 Å². The molecule has 1 heterocycles. The fraction of sp³-hybridized carbons (Fsp3) is 0.238. The largest absolute Gasteiger partial charge is 0.457 e. The van der Waals surface area contributed by atoms with Gasteiger partial charge in [0.15, 0.2) is 0 Å². The molecule has 0 radical (unpaired) electrons. The predicted molar refractivity (Wildman–Crippen MR) is 108 cm³/mol. The van der Waals surface area contributed by atoms with Crippen molar-refractivity contribution in [2.24, 2.45) is 11.7 Å². The van der Waals surface area contributed by atoms with Crippen molar-refractivity contribution >= 4 is 28.3 Å². The van der Waals surface area contributed by atoms with Crippen molar-refractivity contribution in [2.45, 2.75) is 19.4 Å². The van der Waals surface area contributed by atoms with Gasteiger partial charge in [-0.15, -0.1) is 0 Å². The molecule has 0 aliphatic heterocycles. The van der Waals surface area contributed by atoms with Crippen LogP contribution in [-0.4, -0.2) is 17.0 Å². The second-order valence-electron chi connectivity index (χ2n) is 6.98. The number of aromatic nitrogens is 1. The Balaban J connectivity index is 1.59. The van der Waals surface area contributed by atoms with Crippen LogP contribution in [0.4, 0.5) is 11.5 Å². The van der Waals surface area contributed by atoms with Crippen molar-refractivity contribution in [2.75, 3.05) is 17.6 Å². The number of nitrogens with zero attached hydrogens (tertiary/aromatic N) is 2. The summed E-state index contributed by atoms with van der Waals surface area (Å²) in [6, 6.07) is 14.9. The van der Waals surface area contributed by atoms with E-state index in [1.54, 1.807) is 24.3 Å². The molecule has 7 nitrogen and oxygen atoms in total. The number of fused-ring (bicyclic) bond motifs is 1. The van der Waals surface area contributed by atoms with Crippen LogP contribution in [0.5, 0.6) is 11.5 Å². The van der Waals surface area contributed by atoms with Gasteiger partial charge in [-0.05, 0) is 61.2 Å². The Morgan fingerprint density at radius 3 is 2.57 bits per heavy atom. The maximum absolute atomic E-state index is 11.3. The van der Waals surface area contributed by atoms with Crippen LogP contribution in [0.3, 0.4) is 0 Å². The molecule has 0 unspecified atom stereocenters. The second kappa shape index (κ2) is 7.25. The van der Waals surface area contributed by atoms with Crippen molar-refractivity contribution in [3.63, 3.8) is 0 Å². The maximum atomic E-state index is 11.3. The van der Waals surface area contributed by atoms with Crippen molar-refractivity contribution in [3.8, 4) is 17.6 Å². The highest BCUT2D eigenvalue weighted by Crippen LogP contribution is 2.37. The van der Waals surface area contributed by atoms with E-state index in [0.717, 1.165) is 17.4 Å². The molecule has 1 amide bonds. The molecule has 0 saturated heterocycles. The summed E-state index contributed by atoms with van der Waals surface area (Å²) in [4.78, 5) is 11.3. The number of ether oxygens (including phenoxy) is 1. The van der Waals surface area contributed by atoms with E-state index in [0.29, 0.717) is 34.5 Å². The molecule has 1 fully saturated rings. The van der Waals surface area contributed by atoms with Gasteiger partial charge in [0, 0.05) is 17.6 Å². The van der Waals surface area contributed by atoms with Gasteiger partial charge in [-0.25, -0.2) is 0 Å². The highest BCUT2D eigenvalue weighted by molar-refractivity contribution is 5.93. The van der Waals surface area contributed by atoms with Crippen LogP contribution in [0.25, 0.3) is 10.9 Å². The molecule has 142 valence electrons. The van der Waals surface area contributed by atoms with Crippen molar-refractivity contribution < 1.29 is 9.53 Å². The van der Waals surface area contributed by atoms with E-state index >= 15 is 0 Å². The average molecular weight is 375 g/mol. The lowest BCUT2D eigenvalue weighted by Crippen LogP contribution is -2.21. The molecule has 7 heteroatoms. The third-order valence-corrected chi connectivity index (χ3v) is 4.88. The number of anilines is 2. The molecule has 1 aromatic heterocycles. The van der Waals surface area contributed by atoms with Gasteiger partial charge in [-0.1, -0.05) is 0 Å². The van der Waals surface area contributed by atoms with Crippen LogP contribution in [-0.2, 0) is 11.3 Å². The Hall–Kier alpha value is -3.50. The molecule has 1 saturated carbocycles. The number of carbonyl (C=O) groups is 1. The third kappa shape index (κ3) is 3.50. The Morgan fingerprint density at radius 1 is 1.21 bits per heavy atom. The van der Waals surface area contributed by atoms with E-state index < -0.39 is 0 Å². The van der Waals surface area contributed by atoms with Crippen LogP contribution in [0.1, 0.15) is 18.4 Å². The zero-order valence-corrected chi connectivity index (χ0v) is 15.3. The number of nitrogen functional groups attached to an aromatic ring is 1. The van der Waals surface area contributed by atoms with Crippen molar-refractivity contribution in [1.29, 1.82) is 5.26 Å². The summed E-state index contributed by atoms with van der Waals surface area (Å²) in [5.74, 6) is 2.15. The number of amides is 1. The SMILES string of the molecule is N#Cc1c(N)n(CC2CC2)c2ccc(Oc3ccc(NC(=O)CN)cc3)cc12. The smallest absolute Gasteiger partial charge is 0.238 e. The van der Waals surface area contributed by atoms with Gasteiger partial charge in [0.2, 0.25) is 5.91 Å². The molecule has 3 aromatic rings. The summed E-state index contributed by atoms with van der Waals surface area (Å²) in [5.41, 5.74) is 13.6. The van der Waals surface area contributed by atoms with Gasteiger partial charge in [0.05, 0.1) is 12.1 Å². The van der Waals surface area contributed by atoms with E-state index in [2.05, 4.69) is 11.4 Å². The number of nitriles is 1. The van der Waals surface area contributed by atoms with Crippen LogP contribution < -0.4 is 21.5 Å². The molecule has 0 bridgehead atoms. The van der Waals surface area contributed by atoms with Gasteiger partial charge < -0.3 is 26.1 Å². The molecule has 1 aliphatic carbocycles. The zero-order valence-electron chi connectivity index (χ0n) is 15.3. The average Bonchev–Trinajstić information content (AvgIpc) is 3.48. The fourth-order valence-corrected chi connectivity index (χ4v) is 3.24. The Labute approximate surface area is 162 Å². The third-order valence-electron chi connectivity index (χ3n) is 4.88. The van der Waals surface area contributed by atoms with Gasteiger partial charge in [-0.3, -0.25) is 4.79 Å². The monoisotopic (exact) mass is 375 g/mol. The summed E-state index contributed by atoms with van der Waals surface area (Å²) in [6.07, 6.45) is 2.42. The minimum absolute atomic E-state index is 0.0665. The topological polar surface area (TPSA) is 119 Å². The lowest BCUT2D eigenvalue weighted by Gasteiger charge is -2.09. The second-order valence-corrected chi connectivity index (χ2v) is 6.98. The molecule has 2 aromatic carbocycles. The first-order valence-electron chi connectivity index (χ1n) is 9.18. The molecule has 1 aliphatic rings. The summed E-state index contributed by atoms with van der Waals surface area (Å²) in [7, 11) is 0. The number of nitrogens with two attached hydrogens (primary N) is 2. The van der Waals surface area contributed by atoms with Crippen molar-refractivity contribution in [3.05, 3.63) is 48.0 Å². The van der Waals surface area contributed by atoms with Crippen LogP contribution in [0, 0.1) is 17.2 Å². The molecular formula is C21H21N5O2. The van der Waals surface area contributed by atoms with E-state index in [4.69, 9.17) is 16.2 Å². The standard InChI is InChI=1S/C21H21N5O2/c22-10-18-17-9-16(7-8-19(17)26(21(18)24)12-13-1-2-13)28-15-5-3-14(4-6-15)25-20(27)11-23/h3-9,13H,1-2,11-12,23-24H2,(H,25,27). The molecular weight excluding hydrogens is 354 g/mol. The van der Waals surface area contributed by atoms with E-state index in [1.807, 2.05) is 22.8 Å². The number of carbonyl (C=O) groups excluding carboxylic acids is 1. The van der Waals surface area contributed by atoms with Crippen LogP contribution in [0.15, 0.2) is 42.5 Å². The number of nitrogens with one attached hydrogen (secondary N) is 1. The van der Waals surface area contributed by atoms with Crippen LogP contribution in [0.2, 0.25) is 0 Å². The predicted octanol–water partition coefficient (Wildman–Crippen LogP) is 3.19. The Morgan fingerprint density at radius 2 is 1.93 bits per heavy atom. The summed E-state index contributed by atoms with van der Waals surface area (Å²) in [6.45, 7) is 0.781. The van der Waals surface area contributed by atoms with Gasteiger partial charge in [0.1, 0.15) is 28.9 Å². The quantitative estimate of drug-likeness (QED) is 0.611. The summed E-state index contributed by atoms with van der Waals surface area (Å²) < 4.78 is 7.95. The van der Waals surface area contributed by atoms with Crippen LogP contribution >= 0.6 is 0 Å². The normalized spacial score (nSPS) is 13.3. The minimum atomic E-state index is -0.253. The van der Waals surface area contributed by atoms with E-state index in [1.165, 1.54) is 12.8 Å². The fourth-order valence-electron chi connectivity index (χ4n) is 3.24. The number of hydrogen-bond acceptors (Lipinski definition) is 5.